The molecule has 1 fully saturated rings. The maximum atomic E-state index is 13.0. The van der Waals surface area contributed by atoms with E-state index >= 15 is 0 Å². The number of aryl methyl sites for hydroxylation is 1. The topological polar surface area (TPSA) is 84.5 Å². The van der Waals surface area contributed by atoms with Gasteiger partial charge in [-0.3, -0.25) is 9.52 Å². The lowest BCUT2D eigenvalue weighted by atomic mass is 10.1. The quantitative estimate of drug-likeness (QED) is 0.792. The molecule has 1 amide bonds. The molecule has 3 rings (SSSR count). The molecule has 144 valence electrons. The first-order valence-corrected chi connectivity index (χ1v) is 10.1. The van der Waals surface area contributed by atoms with E-state index in [9.17, 15) is 17.6 Å². The minimum absolute atomic E-state index is 0.00122. The molecule has 0 aliphatic carbocycles. The van der Waals surface area contributed by atoms with Crippen molar-refractivity contribution in [3.8, 4) is 0 Å². The number of sulfonamides is 1. The van der Waals surface area contributed by atoms with Gasteiger partial charge in [0.2, 0.25) is 0 Å². The first-order valence-electron chi connectivity index (χ1n) is 8.64. The van der Waals surface area contributed by atoms with Gasteiger partial charge in [-0.15, -0.1) is 0 Å². The molecule has 2 N–H and O–H groups in total. The van der Waals surface area contributed by atoms with E-state index in [1.165, 1.54) is 24.3 Å². The van der Waals surface area contributed by atoms with Gasteiger partial charge >= 0.3 is 0 Å². The van der Waals surface area contributed by atoms with Crippen LogP contribution < -0.4 is 10.0 Å². The van der Waals surface area contributed by atoms with Crippen LogP contribution in [-0.2, 0) is 14.8 Å². The number of ether oxygens (including phenoxy) is 1. The minimum Gasteiger partial charge on any atom is -0.376 e. The van der Waals surface area contributed by atoms with Crippen molar-refractivity contribution in [2.75, 3.05) is 17.9 Å². The van der Waals surface area contributed by atoms with Crippen LogP contribution in [0.2, 0.25) is 0 Å². The molecule has 0 radical (unpaired) electrons. The highest BCUT2D eigenvalue weighted by atomic mass is 32.2. The maximum absolute atomic E-state index is 13.0. The Balaban J connectivity index is 1.76. The summed E-state index contributed by atoms with van der Waals surface area (Å²) in [6.07, 6.45) is 1.87. The number of anilines is 1. The first kappa shape index (κ1) is 19.3. The normalized spacial score (nSPS) is 16.9. The van der Waals surface area contributed by atoms with Crippen molar-refractivity contribution in [2.24, 2.45) is 0 Å². The highest BCUT2D eigenvalue weighted by Crippen LogP contribution is 2.20. The van der Waals surface area contributed by atoms with Crippen LogP contribution in [0.4, 0.5) is 10.1 Å². The van der Waals surface area contributed by atoms with E-state index in [2.05, 4.69) is 10.0 Å². The van der Waals surface area contributed by atoms with Crippen LogP contribution in [0.3, 0.4) is 0 Å². The Kier molecular flexibility index (Phi) is 5.76. The van der Waals surface area contributed by atoms with E-state index < -0.39 is 15.8 Å². The standard InChI is InChI=1S/C19H21FN2O4S/c1-13-4-9-17(27(24,25)22-15-7-5-14(20)6-8-15)11-18(13)19(23)21-12-16-3-2-10-26-16/h4-9,11,16,22H,2-3,10,12H2,1H3,(H,21,23). The van der Waals surface area contributed by atoms with E-state index in [0.29, 0.717) is 18.7 Å². The number of carbonyl (C=O) groups is 1. The fourth-order valence-electron chi connectivity index (χ4n) is 2.85. The van der Waals surface area contributed by atoms with Crippen LogP contribution in [0.25, 0.3) is 0 Å². The molecule has 1 saturated heterocycles. The van der Waals surface area contributed by atoms with Gasteiger partial charge in [0.05, 0.1) is 11.0 Å². The van der Waals surface area contributed by atoms with Gasteiger partial charge in [0.25, 0.3) is 15.9 Å². The summed E-state index contributed by atoms with van der Waals surface area (Å²) < 4.78 is 46.0. The average molecular weight is 392 g/mol. The third-order valence-electron chi connectivity index (χ3n) is 4.37. The summed E-state index contributed by atoms with van der Waals surface area (Å²) in [5, 5.41) is 2.80. The first-order chi connectivity index (χ1) is 12.8. The van der Waals surface area contributed by atoms with Gasteiger partial charge < -0.3 is 10.1 Å². The molecule has 1 atom stereocenters. The number of hydrogen-bond donors (Lipinski definition) is 2. The number of rotatable bonds is 6. The number of hydrogen-bond acceptors (Lipinski definition) is 4. The monoisotopic (exact) mass is 392 g/mol. The van der Waals surface area contributed by atoms with Gasteiger partial charge in [0.1, 0.15) is 5.82 Å². The number of amides is 1. The van der Waals surface area contributed by atoms with E-state index in [1.807, 2.05) is 0 Å². The van der Waals surface area contributed by atoms with Crippen LogP contribution in [0.5, 0.6) is 0 Å². The molecule has 8 heteroatoms. The molecule has 0 aromatic heterocycles. The minimum atomic E-state index is -3.91. The van der Waals surface area contributed by atoms with Crippen LogP contribution in [0.15, 0.2) is 47.4 Å². The molecule has 1 aliphatic heterocycles. The molecule has 0 spiro atoms. The highest BCUT2D eigenvalue weighted by Gasteiger charge is 2.20. The van der Waals surface area contributed by atoms with Crippen LogP contribution in [0, 0.1) is 12.7 Å². The fraction of sp³-hybridized carbons (Fsp3) is 0.316. The van der Waals surface area contributed by atoms with Crippen molar-refractivity contribution < 1.29 is 22.3 Å². The van der Waals surface area contributed by atoms with Gasteiger partial charge in [-0.05, 0) is 61.7 Å². The number of halogens is 1. The molecular weight excluding hydrogens is 371 g/mol. The molecule has 2 aromatic carbocycles. The van der Waals surface area contributed by atoms with Crippen LogP contribution in [-0.4, -0.2) is 33.6 Å². The van der Waals surface area contributed by atoms with Crippen LogP contribution in [0.1, 0.15) is 28.8 Å². The van der Waals surface area contributed by atoms with E-state index in [-0.39, 0.29) is 28.2 Å². The second-order valence-corrected chi connectivity index (χ2v) is 8.12. The second-order valence-electron chi connectivity index (χ2n) is 6.43. The Labute approximate surface area is 157 Å². The van der Waals surface area contributed by atoms with E-state index in [4.69, 9.17) is 4.74 Å². The molecule has 1 heterocycles. The van der Waals surface area contributed by atoms with Crippen molar-refractivity contribution in [1.82, 2.24) is 5.32 Å². The highest BCUT2D eigenvalue weighted by molar-refractivity contribution is 7.92. The maximum Gasteiger partial charge on any atom is 0.261 e. The van der Waals surface area contributed by atoms with Crippen molar-refractivity contribution in [2.45, 2.75) is 30.8 Å². The van der Waals surface area contributed by atoms with Crippen LogP contribution >= 0.6 is 0 Å². The number of nitrogens with one attached hydrogen (secondary N) is 2. The Bertz CT molecular complexity index is 923. The van der Waals surface area contributed by atoms with Crippen molar-refractivity contribution in [3.63, 3.8) is 0 Å². The van der Waals surface area contributed by atoms with Gasteiger partial charge in [0.15, 0.2) is 0 Å². The predicted molar refractivity (Wildman–Crippen MR) is 99.7 cm³/mol. The van der Waals surface area contributed by atoms with Crippen molar-refractivity contribution in [3.05, 3.63) is 59.4 Å². The van der Waals surface area contributed by atoms with E-state index in [1.54, 1.807) is 13.0 Å². The lowest BCUT2D eigenvalue weighted by Crippen LogP contribution is -2.32. The van der Waals surface area contributed by atoms with Crippen molar-refractivity contribution in [1.29, 1.82) is 0 Å². The molecule has 27 heavy (non-hydrogen) atoms. The van der Waals surface area contributed by atoms with Gasteiger partial charge in [-0.2, -0.15) is 0 Å². The summed E-state index contributed by atoms with van der Waals surface area (Å²) in [5.41, 5.74) is 1.19. The molecule has 0 saturated carbocycles. The third-order valence-corrected chi connectivity index (χ3v) is 5.75. The van der Waals surface area contributed by atoms with E-state index in [0.717, 1.165) is 25.0 Å². The lowest BCUT2D eigenvalue weighted by Gasteiger charge is -2.13. The molecular formula is C19H21FN2O4S. The zero-order chi connectivity index (χ0) is 19.4. The lowest BCUT2D eigenvalue weighted by molar-refractivity contribution is 0.0857. The second kappa shape index (κ2) is 8.06. The molecule has 6 nitrogen and oxygen atoms in total. The summed E-state index contributed by atoms with van der Waals surface area (Å²) >= 11 is 0. The zero-order valence-electron chi connectivity index (χ0n) is 14.9. The smallest absolute Gasteiger partial charge is 0.261 e. The predicted octanol–water partition coefficient (Wildman–Crippen LogP) is 2.84. The summed E-state index contributed by atoms with van der Waals surface area (Å²) in [5.74, 6) is -0.805. The van der Waals surface area contributed by atoms with Gasteiger partial charge in [-0.25, -0.2) is 12.8 Å². The fourth-order valence-corrected chi connectivity index (χ4v) is 3.94. The molecule has 0 bridgehead atoms. The number of benzene rings is 2. The Morgan fingerprint density at radius 2 is 1.96 bits per heavy atom. The Morgan fingerprint density at radius 3 is 2.63 bits per heavy atom. The van der Waals surface area contributed by atoms with Crippen molar-refractivity contribution >= 4 is 21.6 Å². The summed E-state index contributed by atoms with van der Waals surface area (Å²) in [6, 6.07) is 9.34. The largest absolute Gasteiger partial charge is 0.376 e. The molecule has 2 aromatic rings. The number of carbonyl (C=O) groups excluding carboxylic acids is 1. The molecule has 1 unspecified atom stereocenters. The third kappa shape index (κ3) is 4.84. The van der Waals surface area contributed by atoms with Gasteiger partial charge in [-0.1, -0.05) is 6.07 Å². The zero-order valence-corrected chi connectivity index (χ0v) is 15.7. The summed E-state index contributed by atoms with van der Waals surface area (Å²) in [6.45, 7) is 2.83. The molecule has 1 aliphatic rings. The SMILES string of the molecule is Cc1ccc(S(=O)(=O)Nc2ccc(F)cc2)cc1C(=O)NCC1CCCO1. The summed E-state index contributed by atoms with van der Waals surface area (Å²) in [7, 11) is -3.91. The Morgan fingerprint density at radius 1 is 1.22 bits per heavy atom. The summed E-state index contributed by atoms with van der Waals surface area (Å²) in [4.78, 5) is 12.4. The average Bonchev–Trinajstić information content (AvgIpc) is 3.15. The van der Waals surface area contributed by atoms with Gasteiger partial charge in [0, 0.05) is 24.4 Å². The Hall–Kier alpha value is -2.45.